The fourth-order valence-electron chi connectivity index (χ4n) is 4.29. The molecule has 0 amide bonds. The molecule has 0 atom stereocenters. The summed E-state index contributed by atoms with van der Waals surface area (Å²) in [6, 6.07) is 12.7. The van der Waals surface area contributed by atoms with E-state index in [1.807, 2.05) is 23.7 Å². The lowest BCUT2D eigenvalue weighted by Gasteiger charge is -2.15. The first-order chi connectivity index (χ1) is 14.2. The van der Waals surface area contributed by atoms with Gasteiger partial charge in [0, 0.05) is 23.2 Å². The molecule has 0 unspecified atom stereocenters. The molecule has 0 saturated heterocycles. The van der Waals surface area contributed by atoms with Crippen LogP contribution >= 0.6 is 0 Å². The van der Waals surface area contributed by atoms with Crippen molar-refractivity contribution in [3.05, 3.63) is 74.5 Å². The number of aryl methyl sites for hydroxylation is 2. The Bertz CT molecular complexity index is 1780. The number of nitrogens with one attached hydrogen (secondary N) is 1. The van der Waals surface area contributed by atoms with E-state index in [0.29, 0.717) is 38.1 Å². The van der Waals surface area contributed by atoms with Crippen LogP contribution in [0.25, 0.3) is 43.6 Å². The summed E-state index contributed by atoms with van der Waals surface area (Å²) in [7, 11) is -2.56. The van der Waals surface area contributed by atoms with Crippen LogP contribution in [-0.4, -0.2) is 22.5 Å². The topological polar surface area (TPSA) is 109 Å². The molecule has 5 aromatic rings. The monoisotopic (exact) mass is 420 g/mol. The van der Waals surface area contributed by atoms with Crippen molar-refractivity contribution in [2.75, 3.05) is 0 Å². The third-order valence-corrected chi connectivity index (χ3v) is 6.51. The van der Waals surface area contributed by atoms with Gasteiger partial charge in [0.05, 0.1) is 32.3 Å². The number of H-pyrrole nitrogens is 1. The molecule has 2 heterocycles. The Morgan fingerprint density at radius 2 is 1.63 bits per heavy atom. The highest BCUT2D eigenvalue weighted by molar-refractivity contribution is 7.85. The second-order valence-corrected chi connectivity index (χ2v) is 8.78. The van der Waals surface area contributed by atoms with Crippen LogP contribution < -0.4 is 10.9 Å². The number of aromatic amines is 1. The maximum absolute atomic E-state index is 13.3. The predicted octanol–water partition coefficient (Wildman–Crippen LogP) is 3.24. The van der Waals surface area contributed by atoms with Gasteiger partial charge in [0.15, 0.2) is 10.9 Å². The van der Waals surface area contributed by atoms with Gasteiger partial charge in [-0.25, -0.2) is 0 Å². The standard InChI is InChI=1S/C22H16N2O5S/c1-11-19-17(23-16-9-12(30(27,28)29)7-8-13(16)22(19)26)10-15-20(11)24(2)18-6-4-3-5-14(18)21(15)25/h3-10H,1-2H3,(H,23,26)(H,27,28,29). The van der Waals surface area contributed by atoms with Gasteiger partial charge in [0.1, 0.15) is 0 Å². The summed E-state index contributed by atoms with van der Waals surface area (Å²) in [4.78, 5) is 29.2. The minimum atomic E-state index is -4.42. The highest BCUT2D eigenvalue weighted by atomic mass is 32.2. The molecule has 0 spiro atoms. The molecule has 0 saturated carbocycles. The summed E-state index contributed by atoms with van der Waals surface area (Å²) in [5.74, 6) is 0. The highest BCUT2D eigenvalue weighted by Crippen LogP contribution is 2.28. The van der Waals surface area contributed by atoms with Crippen molar-refractivity contribution < 1.29 is 13.0 Å². The van der Waals surface area contributed by atoms with Gasteiger partial charge >= 0.3 is 0 Å². The van der Waals surface area contributed by atoms with Gasteiger partial charge in [-0.3, -0.25) is 14.1 Å². The van der Waals surface area contributed by atoms with Crippen molar-refractivity contribution in [3.8, 4) is 0 Å². The maximum atomic E-state index is 13.3. The summed E-state index contributed by atoms with van der Waals surface area (Å²) in [5.41, 5.74) is 2.38. The van der Waals surface area contributed by atoms with Crippen LogP contribution in [0, 0.1) is 6.92 Å². The number of nitrogens with zero attached hydrogens (tertiary/aromatic N) is 1. The van der Waals surface area contributed by atoms with Gasteiger partial charge in [-0.1, -0.05) is 12.1 Å². The molecule has 8 heteroatoms. The Labute approximate surface area is 169 Å². The Morgan fingerprint density at radius 1 is 0.900 bits per heavy atom. The van der Waals surface area contributed by atoms with Crippen LogP contribution in [0.5, 0.6) is 0 Å². The smallest absolute Gasteiger partial charge is 0.294 e. The number of pyridine rings is 2. The van der Waals surface area contributed by atoms with E-state index < -0.39 is 10.1 Å². The van der Waals surface area contributed by atoms with Crippen LogP contribution in [0.1, 0.15) is 5.56 Å². The second-order valence-electron chi connectivity index (χ2n) is 7.36. The summed E-state index contributed by atoms with van der Waals surface area (Å²) >= 11 is 0. The van der Waals surface area contributed by atoms with E-state index in [-0.39, 0.29) is 21.3 Å². The van der Waals surface area contributed by atoms with E-state index in [2.05, 4.69) is 4.98 Å². The molecule has 0 bridgehead atoms. The Hall–Kier alpha value is -3.49. The quantitative estimate of drug-likeness (QED) is 0.320. The SMILES string of the molecule is Cc1c2c(=O)c3ccc(S(=O)(=O)O)cc3[nH]c2cc2c(=O)c3ccccc3n(C)c12. The van der Waals surface area contributed by atoms with E-state index in [1.165, 1.54) is 18.2 Å². The molecule has 2 N–H and O–H groups in total. The minimum Gasteiger partial charge on any atom is -0.354 e. The van der Waals surface area contributed by atoms with Gasteiger partial charge in [-0.15, -0.1) is 0 Å². The fraction of sp³-hybridized carbons (Fsp3) is 0.0909. The zero-order chi connectivity index (χ0) is 21.4. The maximum Gasteiger partial charge on any atom is 0.294 e. The molecule has 30 heavy (non-hydrogen) atoms. The average molecular weight is 420 g/mol. The van der Waals surface area contributed by atoms with Crippen LogP contribution in [0.2, 0.25) is 0 Å². The van der Waals surface area contributed by atoms with E-state index in [0.717, 1.165) is 5.52 Å². The molecule has 7 nitrogen and oxygen atoms in total. The van der Waals surface area contributed by atoms with Crippen molar-refractivity contribution in [1.29, 1.82) is 0 Å². The van der Waals surface area contributed by atoms with Crippen molar-refractivity contribution in [2.24, 2.45) is 7.05 Å². The normalized spacial score (nSPS) is 12.4. The Balaban J connectivity index is 2.04. The summed E-state index contributed by atoms with van der Waals surface area (Å²) in [6.07, 6.45) is 0. The summed E-state index contributed by atoms with van der Waals surface area (Å²) in [5, 5.41) is 1.76. The van der Waals surface area contributed by atoms with Crippen LogP contribution in [0.4, 0.5) is 0 Å². The molecule has 0 fully saturated rings. The van der Waals surface area contributed by atoms with Crippen LogP contribution in [0.15, 0.2) is 63.0 Å². The zero-order valence-electron chi connectivity index (χ0n) is 16.1. The first-order valence-corrected chi connectivity index (χ1v) is 10.6. The molecule has 0 aliphatic rings. The largest absolute Gasteiger partial charge is 0.354 e. The van der Waals surface area contributed by atoms with Gasteiger partial charge in [0.25, 0.3) is 10.1 Å². The fourth-order valence-corrected chi connectivity index (χ4v) is 4.80. The molecule has 0 aliphatic carbocycles. The number of hydrogen-bond acceptors (Lipinski definition) is 4. The minimum absolute atomic E-state index is 0.142. The lowest BCUT2D eigenvalue weighted by molar-refractivity contribution is 0.483. The van der Waals surface area contributed by atoms with Crippen LogP contribution in [0.3, 0.4) is 0 Å². The van der Waals surface area contributed by atoms with Crippen molar-refractivity contribution in [1.82, 2.24) is 9.55 Å². The molecular formula is C22H16N2O5S. The average Bonchev–Trinajstić information content (AvgIpc) is 2.70. The highest BCUT2D eigenvalue weighted by Gasteiger charge is 2.18. The predicted molar refractivity (Wildman–Crippen MR) is 117 cm³/mol. The van der Waals surface area contributed by atoms with Crippen molar-refractivity contribution in [3.63, 3.8) is 0 Å². The van der Waals surface area contributed by atoms with Gasteiger partial charge in [-0.05, 0) is 48.9 Å². The lowest BCUT2D eigenvalue weighted by atomic mass is 10.00. The first kappa shape index (κ1) is 18.5. The molecule has 3 aromatic carbocycles. The number of benzene rings is 3. The van der Waals surface area contributed by atoms with Crippen molar-refractivity contribution in [2.45, 2.75) is 11.8 Å². The van der Waals surface area contributed by atoms with Crippen LogP contribution in [-0.2, 0) is 17.2 Å². The van der Waals surface area contributed by atoms with Gasteiger partial charge in [-0.2, -0.15) is 8.42 Å². The van der Waals surface area contributed by atoms with Crippen molar-refractivity contribution >= 4 is 53.7 Å². The third kappa shape index (κ3) is 2.44. The first-order valence-electron chi connectivity index (χ1n) is 9.17. The summed E-state index contributed by atoms with van der Waals surface area (Å²) < 4.78 is 34.2. The van der Waals surface area contributed by atoms with E-state index in [4.69, 9.17) is 0 Å². The van der Waals surface area contributed by atoms with E-state index in [1.54, 1.807) is 25.1 Å². The molecule has 2 aromatic heterocycles. The Kier molecular flexibility index (Phi) is 3.71. The number of hydrogen-bond donors (Lipinski definition) is 2. The molecule has 5 rings (SSSR count). The van der Waals surface area contributed by atoms with Gasteiger partial charge in [0.2, 0.25) is 0 Å². The Morgan fingerprint density at radius 3 is 2.37 bits per heavy atom. The molecule has 0 radical (unpaired) electrons. The van der Waals surface area contributed by atoms with Gasteiger partial charge < -0.3 is 9.55 Å². The number of para-hydroxylation sites is 1. The molecule has 150 valence electrons. The lowest BCUT2D eigenvalue weighted by Crippen LogP contribution is -2.13. The number of aromatic nitrogens is 2. The second kappa shape index (κ2) is 6.01. The van der Waals surface area contributed by atoms with E-state index in [9.17, 15) is 22.6 Å². The number of fused-ring (bicyclic) bond motifs is 4. The zero-order valence-corrected chi connectivity index (χ0v) is 16.9. The summed E-state index contributed by atoms with van der Waals surface area (Å²) in [6.45, 7) is 1.80. The molecule has 0 aliphatic heterocycles. The molecular weight excluding hydrogens is 404 g/mol. The third-order valence-electron chi connectivity index (χ3n) is 5.66. The number of rotatable bonds is 1. The van der Waals surface area contributed by atoms with E-state index >= 15 is 0 Å².